The Bertz CT molecular complexity index is 2380. The summed E-state index contributed by atoms with van der Waals surface area (Å²) in [7, 11) is 10.0. The Morgan fingerprint density at radius 3 is 1.33 bits per heavy atom. The molecule has 0 aliphatic heterocycles. The molecule has 0 saturated heterocycles. The van der Waals surface area contributed by atoms with Crippen molar-refractivity contribution in [3.63, 3.8) is 0 Å². The minimum Gasteiger partial charge on any atom is -0.461 e. The number of nitrogens with two attached hydrogens (primary N) is 8. The first-order valence-corrected chi connectivity index (χ1v) is 41.4. The molecule has 0 aromatic heterocycles. The number of benzene rings is 3. The minimum atomic E-state index is -1.26. The fraction of sp³-hybridized carbons (Fsp3) is 0.741. The average Bonchev–Trinajstić information content (AvgIpc) is 0.896. The number of hydrogen-bond acceptors (Lipinski definition) is 28. The van der Waals surface area contributed by atoms with Crippen LogP contribution in [0.2, 0.25) is 0 Å². The molecule has 0 heterocycles. The van der Waals surface area contributed by atoms with E-state index in [9.17, 15) is 34.8 Å². The van der Waals surface area contributed by atoms with Gasteiger partial charge in [0.1, 0.15) is 36.9 Å². The zero-order valence-electron chi connectivity index (χ0n) is 74.8. The number of carbonyl (C=O) groups is 3. The van der Waals surface area contributed by atoms with Crippen molar-refractivity contribution in [2.24, 2.45) is 45.1 Å². The second kappa shape index (κ2) is 98.4. The number of ether oxygens (including phenoxy) is 1. The molecule has 0 fully saturated rings. The molecule has 690 valence electrons. The van der Waals surface area contributed by atoms with Crippen LogP contribution in [-0.2, 0) is 27.3 Å². The molecule has 0 radical (unpaired) electrons. The third-order valence-electron chi connectivity index (χ3n) is 16.0. The van der Waals surface area contributed by atoms with Gasteiger partial charge in [-0.05, 0) is 199 Å². The van der Waals surface area contributed by atoms with Crippen LogP contribution in [0.25, 0.3) is 0 Å². The lowest BCUT2D eigenvalue weighted by Gasteiger charge is -2.25. The molecule has 0 bridgehead atoms. The quantitative estimate of drug-likeness (QED) is 0.00965. The monoisotopic (exact) mass is 1670 g/mol. The summed E-state index contributed by atoms with van der Waals surface area (Å²) in [4.78, 5) is 43.0. The van der Waals surface area contributed by atoms with Crippen LogP contribution < -0.4 is 61.8 Å². The van der Waals surface area contributed by atoms with Gasteiger partial charge in [0.05, 0.1) is 103 Å². The van der Waals surface area contributed by atoms with Crippen LogP contribution in [-0.4, -0.2) is 334 Å². The van der Waals surface area contributed by atoms with Crippen LogP contribution in [0.5, 0.6) is 0 Å². The summed E-state index contributed by atoms with van der Waals surface area (Å²) in [6, 6.07) is 27.4. The van der Waals surface area contributed by atoms with E-state index in [1.54, 1.807) is 31.2 Å². The molecule has 31 heteroatoms. The average molecular weight is 1670 g/mol. The predicted octanol–water partition coefficient (Wildman–Crippen LogP) is 2.99. The van der Waals surface area contributed by atoms with Crippen molar-refractivity contribution >= 4 is 29.2 Å². The van der Waals surface area contributed by atoms with E-state index in [1.165, 1.54) is 44.2 Å². The highest BCUT2D eigenvalue weighted by atomic mass is 16.5. The number of nitrogen functional groups attached to an aromatic ring is 1. The molecule has 31 nitrogen and oxygen atoms in total. The molecule has 6 atom stereocenters. The molecule has 3 rings (SSSR count). The zero-order valence-corrected chi connectivity index (χ0v) is 74.8. The molecule has 0 aliphatic rings. The SMILES string of the molecule is C.CC(=O)[C@@H](N)CCCCN.CC(=O)[C@@H](N)CCCN=C(N)N.CCCN.CCCNCCO.CCC[C@H](O)[C@@H](O)[C@H](O)[C@H](O)CC.CCN(CC)CCO.CCN(CC)CCOC(=O)c1ccc(N)cc1.CCNCC.CN(C)CCO.C[N+](C)(C)CCO.NC(CO)(CO)CO.c1ccc(CCCCNCc2ccccc2)cc1. The number of unbranched alkanes of at least 4 members (excludes halogenated alkanes) is 2. The summed E-state index contributed by atoms with van der Waals surface area (Å²) < 4.78 is 6.02. The van der Waals surface area contributed by atoms with Crippen molar-refractivity contribution in [3.05, 3.63) is 102 Å². The Labute approximate surface area is 704 Å². The second-order valence-electron chi connectivity index (χ2n) is 27.9. The van der Waals surface area contributed by atoms with E-state index < -0.39 is 49.8 Å². The number of ketones is 2. The Morgan fingerprint density at radius 2 is 1.00 bits per heavy atom. The van der Waals surface area contributed by atoms with Gasteiger partial charge in [0.15, 0.2) is 5.96 Å². The number of guanidine groups is 1. The van der Waals surface area contributed by atoms with E-state index in [2.05, 4.69) is 168 Å². The highest BCUT2D eigenvalue weighted by molar-refractivity contribution is 5.89. The number of quaternary nitrogens is 1. The fourth-order valence-corrected chi connectivity index (χ4v) is 8.12. The summed E-state index contributed by atoms with van der Waals surface area (Å²) in [6.45, 7) is 38.8. The van der Waals surface area contributed by atoms with Crippen LogP contribution in [0.3, 0.4) is 0 Å². The fourth-order valence-electron chi connectivity index (χ4n) is 8.12. The molecule has 0 unspecified atom stereocenters. The number of Topliss-reactive ketones (excluding diaryl/α,β-unsaturated/α-hetero) is 2. The van der Waals surface area contributed by atoms with Gasteiger partial charge in [0.2, 0.25) is 0 Å². The highest BCUT2D eigenvalue weighted by Gasteiger charge is 2.28. The normalized spacial score (nSPS) is 11.9. The lowest BCUT2D eigenvalue weighted by molar-refractivity contribution is -0.870. The number of aryl methyl sites for hydroxylation is 1. The van der Waals surface area contributed by atoms with Crippen molar-refractivity contribution < 1.29 is 79.8 Å². The van der Waals surface area contributed by atoms with Gasteiger partial charge in [0.25, 0.3) is 0 Å². The lowest BCUT2D eigenvalue weighted by Crippen LogP contribution is -2.50. The van der Waals surface area contributed by atoms with Gasteiger partial charge in [-0.15, -0.1) is 0 Å². The van der Waals surface area contributed by atoms with Crippen LogP contribution in [0.1, 0.15) is 189 Å². The van der Waals surface area contributed by atoms with E-state index in [4.69, 9.17) is 86.4 Å². The number of hydrogen-bond donors (Lipinski definition) is 22. The summed E-state index contributed by atoms with van der Waals surface area (Å²) in [5.74, 6) is -0.153. The van der Waals surface area contributed by atoms with Gasteiger partial charge >= 0.3 is 5.97 Å². The first-order chi connectivity index (χ1) is 54.5. The topological polar surface area (TPSA) is 549 Å². The van der Waals surface area contributed by atoms with Crippen molar-refractivity contribution in [2.75, 3.05) is 199 Å². The number of nitrogens with zero attached hydrogens (tertiary/aromatic N) is 5. The molecular weight excluding hydrogens is 1490 g/mol. The van der Waals surface area contributed by atoms with E-state index in [-0.39, 0.29) is 69.4 Å². The maximum atomic E-state index is 11.6. The number of aliphatic hydroxyl groups is 11. The molecular formula is C85H181N16O15+. The van der Waals surface area contributed by atoms with Crippen molar-refractivity contribution in [2.45, 2.75) is 223 Å². The smallest absolute Gasteiger partial charge is 0.338 e. The van der Waals surface area contributed by atoms with Crippen molar-refractivity contribution in [1.82, 2.24) is 30.7 Å². The van der Waals surface area contributed by atoms with Crippen LogP contribution in [0.15, 0.2) is 89.9 Å². The van der Waals surface area contributed by atoms with Gasteiger partial charge in [-0.25, -0.2) is 4.79 Å². The highest BCUT2D eigenvalue weighted by Crippen LogP contribution is 2.12. The number of anilines is 1. The van der Waals surface area contributed by atoms with Crippen molar-refractivity contribution in [3.8, 4) is 0 Å². The Hall–Kier alpha value is -5.38. The van der Waals surface area contributed by atoms with E-state index >= 15 is 0 Å². The summed E-state index contributed by atoms with van der Waals surface area (Å²) in [6.07, 6.45) is 7.04. The second-order valence-corrected chi connectivity index (χ2v) is 27.9. The largest absolute Gasteiger partial charge is 0.461 e. The number of aliphatic imine (C=N–C) groups is 1. The maximum Gasteiger partial charge on any atom is 0.338 e. The number of likely N-dealkylation sites (N-methyl/N-ethyl adjacent to an activating group) is 4. The Balaban J connectivity index is -0.000000135. The predicted molar refractivity (Wildman–Crippen MR) is 485 cm³/mol. The van der Waals surface area contributed by atoms with Gasteiger partial charge < -0.3 is 142 Å². The maximum absolute atomic E-state index is 11.6. The molecule has 3 aromatic carbocycles. The van der Waals surface area contributed by atoms with Crippen LogP contribution in [0.4, 0.5) is 5.69 Å². The van der Waals surface area contributed by atoms with Gasteiger partial charge in [-0.2, -0.15) is 0 Å². The number of rotatable bonds is 47. The minimum absolute atomic E-state index is 0. The zero-order chi connectivity index (χ0) is 90.1. The molecule has 0 aliphatic carbocycles. The molecule has 0 amide bonds. The number of aliphatic hydroxyl groups excluding tert-OH is 11. The molecule has 3 aromatic rings. The standard InChI is InChI=1S/C17H21N.C13H20N2O2.C9H20O4.C7H16N4O.C7H16N2O.C6H15NO.C5H14NO.C5H13NO.C4H11NO3.C4H11NO.C4H11N.C3H9N.CH4/c1-3-9-16(10-4-1)11-7-8-14-18-15-17-12-5-2-6-13-17;1-3-15(4-2)9-10-17-13(16)11-5-7-12(14)8-6-11;1-3-5-7(11)9(13)8(12)6(10)4-2;1-5(12)6(8)3-2-4-11-7(9)10;1-6(10)7(9)4-2-3-5-8;1-3-7(4-2)5-6-8;1-6(2,3)4-5-7;1-2-3-6-4-5-7;5-4(1-6,2-7)3-8;1-5(2)3-4-6;1-3-5-4-2;1-2-3-4;/h1-6,9-10,12-13,18H,7-8,11,14-15H2;5-8H,3-4,9-10,14H2,1-2H3;6-13H,3-5H2,1-2H3;6H,2-4,8H2,1H3,(H4,9,10,11);7H,2-5,8-9H2,1H3;8H,3-6H2,1-2H3;7H,4-5H2,1-3H3;6-7H,2-5H2,1H3;6-8H,1-3,5H2;6H,3-4H2,1-2H3;5H,3-4H2,1-2H3;2-4H2,1H3;1H4/q;;;;;;+1;;;;;;/t;;6-,7+,8-,9-;6-;7-;;;;;;;;/m..100......../s1. The first kappa shape index (κ1) is 131. The van der Waals surface area contributed by atoms with Gasteiger partial charge in [0, 0.05) is 45.0 Å². The molecule has 30 N–H and O–H groups in total. The summed E-state index contributed by atoms with van der Waals surface area (Å²) >= 11 is 0. The number of nitrogens with one attached hydrogen (secondary N) is 3. The van der Waals surface area contributed by atoms with Crippen LogP contribution in [0, 0.1) is 0 Å². The Kier molecular flexibility index (Phi) is 111. The first-order valence-electron chi connectivity index (χ1n) is 41.4. The van der Waals surface area contributed by atoms with E-state index in [0.29, 0.717) is 50.2 Å². The Morgan fingerprint density at radius 1 is 0.534 bits per heavy atom. The molecule has 0 spiro atoms. The van der Waals surface area contributed by atoms with E-state index in [0.717, 1.165) is 148 Å². The van der Waals surface area contributed by atoms with Gasteiger partial charge in [-0.3, -0.25) is 14.6 Å². The van der Waals surface area contributed by atoms with E-state index in [1.807, 2.05) is 25.9 Å². The summed E-state index contributed by atoms with van der Waals surface area (Å²) in [5, 5.41) is 105. The number of carbonyl (C=O) groups excluding carboxylic acids is 3. The number of esters is 1. The molecule has 0 saturated carbocycles. The molecule has 116 heavy (non-hydrogen) atoms. The van der Waals surface area contributed by atoms with Gasteiger partial charge in [-0.1, -0.05) is 150 Å². The summed E-state index contributed by atoms with van der Waals surface area (Å²) in [5.41, 5.74) is 44.9. The third-order valence-corrected chi connectivity index (χ3v) is 16.0. The van der Waals surface area contributed by atoms with Crippen molar-refractivity contribution in [1.29, 1.82) is 0 Å². The third kappa shape index (κ3) is 103. The van der Waals surface area contributed by atoms with Crippen LogP contribution >= 0.6 is 0 Å². The lowest BCUT2D eigenvalue weighted by atomic mass is 9.99.